The van der Waals surface area contributed by atoms with Gasteiger partial charge in [-0.25, -0.2) is 0 Å². The number of hydrogen-bond acceptors (Lipinski definition) is 6. The summed E-state index contributed by atoms with van der Waals surface area (Å²) in [4.78, 5) is 0. The van der Waals surface area contributed by atoms with Crippen molar-refractivity contribution in [1.82, 2.24) is 20.2 Å². The zero-order valence-corrected chi connectivity index (χ0v) is 13.9. The van der Waals surface area contributed by atoms with E-state index in [2.05, 4.69) is 20.8 Å². The van der Waals surface area contributed by atoms with E-state index < -0.39 is 0 Å². The Labute approximate surface area is 140 Å². The summed E-state index contributed by atoms with van der Waals surface area (Å²) in [5.74, 6) is 2.18. The third-order valence-corrected chi connectivity index (χ3v) is 3.66. The fourth-order valence-corrected chi connectivity index (χ4v) is 2.41. The average Bonchev–Trinajstić information content (AvgIpc) is 3.06. The number of methoxy groups -OCH3 is 2. The summed E-state index contributed by atoms with van der Waals surface area (Å²) in [6.45, 7) is 2.53. The molecule has 0 aliphatic rings. The summed E-state index contributed by atoms with van der Waals surface area (Å²) < 4.78 is 12.3. The number of tetrazole rings is 1. The maximum absolute atomic E-state index is 5.33. The second-order valence-corrected chi connectivity index (χ2v) is 5.23. The van der Waals surface area contributed by atoms with Crippen LogP contribution >= 0.6 is 0 Å². The Balaban J connectivity index is 1.74. The highest BCUT2D eigenvalue weighted by Gasteiger charge is 2.06. The fraction of sp³-hybridized carbons (Fsp3) is 0.235. The normalized spacial score (nSPS) is 10.5. The highest BCUT2D eigenvalue weighted by atomic mass is 16.5. The third-order valence-electron chi connectivity index (χ3n) is 3.66. The largest absolute Gasteiger partial charge is 0.493 e. The molecule has 0 aliphatic heterocycles. The number of nitrogens with one attached hydrogen (secondary N) is 1. The molecule has 2 aromatic carbocycles. The molecule has 0 bridgehead atoms. The molecule has 24 heavy (non-hydrogen) atoms. The van der Waals surface area contributed by atoms with Crippen molar-refractivity contribution in [3.63, 3.8) is 0 Å². The Hall–Kier alpha value is -3.09. The van der Waals surface area contributed by atoms with Gasteiger partial charge in [0, 0.05) is 12.2 Å². The molecule has 1 heterocycles. The molecule has 0 saturated heterocycles. The van der Waals surface area contributed by atoms with Crippen LogP contribution in [0.1, 0.15) is 11.4 Å². The molecule has 0 aliphatic carbocycles. The monoisotopic (exact) mass is 325 g/mol. The molecule has 0 amide bonds. The SMILES string of the molecule is COc1ccc(CNc2cccc(-n3nnnc3C)c2)cc1OC. The van der Waals surface area contributed by atoms with Gasteiger partial charge in [-0.1, -0.05) is 12.1 Å². The van der Waals surface area contributed by atoms with Crippen LogP contribution in [0.4, 0.5) is 5.69 Å². The van der Waals surface area contributed by atoms with Crippen molar-refractivity contribution in [3.8, 4) is 17.2 Å². The summed E-state index contributed by atoms with van der Waals surface area (Å²) >= 11 is 0. The fourth-order valence-electron chi connectivity index (χ4n) is 2.41. The lowest BCUT2D eigenvalue weighted by molar-refractivity contribution is 0.354. The van der Waals surface area contributed by atoms with Gasteiger partial charge in [0.1, 0.15) is 0 Å². The number of aromatic nitrogens is 4. The second kappa shape index (κ2) is 6.99. The summed E-state index contributed by atoms with van der Waals surface area (Å²) in [6, 6.07) is 13.8. The summed E-state index contributed by atoms with van der Waals surface area (Å²) in [5, 5.41) is 15.0. The lowest BCUT2D eigenvalue weighted by atomic mass is 10.2. The molecular formula is C17H19N5O2. The number of ether oxygens (including phenoxy) is 2. The van der Waals surface area contributed by atoms with E-state index in [0.717, 1.165) is 34.3 Å². The highest BCUT2D eigenvalue weighted by Crippen LogP contribution is 2.28. The van der Waals surface area contributed by atoms with Crippen molar-refractivity contribution in [2.45, 2.75) is 13.5 Å². The van der Waals surface area contributed by atoms with E-state index in [1.165, 1.54) is 0 Å². The second-order valence-electron chi connectivity index (χ2n) is 5.23. The molecule has 7 nitrogen and oxygen atoms in total. The van der Waals surface area contributed by atoms with Crippen molar-refractivity contribution in [3.05, 3.63) is 53.9 Å². The lowest BCUT2D eigenvalue weighted by Gasteiger charge is -2.11. The van der Waals surface area contributed by atoms with Crippen LogP contribution in [0.3, 0.4) is 0 Å². The molecule has 0 spiro atoms. The minimum Gasteiger partial charge on any atom is -0.493 e. The van der Waals surface area contributed by atoms with Crippen molar-refractivity contribution in [2.75, 3.05) is 19.5 Å². The predicted molar refractivity (Wildman–Crippen MR) is 90.8 cm³/mol. The Morgan fingerprint density at radius 1 is 1.04 bits per heavy atom. The van der Waals surface area contributed by atoms with Gasteiger partial charge in [-0.2, -0.15) is 4.68 Å². The number of nitrogens with zero attached hydrogens (tertiary/aromatic N) is 4. The zero-order valence-electron chi connectivity index (χ0n) is 13.9. The molecule has 7 heteroatoms. The van der Waals surface area contributed by atoms with E-state index in [0.29, 0.717) is 6.54 Å². The smallest absolute Gasteiger partial charge is 0.161 e. The first-order valence-electron chi connectivity index (χ1n) is 7.51. The number of rotatable bonds is 6. The van der Waals surface area contributed by atoms with Gasteiger partial charge < -0.3 is 14.8 Å². The molecule has 3 rings (SSSR count). The van der Waals surface area contributed by atoms with Crippen molar-refractivity contribution < 1.29 is 9.47 Å². The maximum Gasteiger partial charge on any atom is 0.161 e. The molecule has 1 N–H and O–H groups in total. The number of aryl methyl sites for hydroxylation is 1. The van der Waals surface area contributed by atoms with E-state index in [1.54, 1.807) is 18.9 Å². The van der Waals surface area contributed by atoms with Crippen LogP contribution in [0.25, 0.3) is 5.69 Å². The van der Waals surface area contributed by atoms with E-state index in [-0.39, 0.29) is 0 Å². The van der Waals surface area contributed by atoms with Gasteiger partial charge >= 0.3 is 0 Å². The minimum atomic E-state index is 0.665. The topological polar surface area (TPSA) is 74.1 Å². The van der Waals surface area contributed by atoms with Crippen LogP contribution in [0.2, 0.25) is 0 Å². The molecule has 0 saturated carbocycles. The van der Waals surface area contributed by atoms with E-state index in [1.807, 2.05) is 49.4 Å². The van der Waals surface area contributed by atoms with Crippen molar-refractivity contribution >= 4 is 5.69 Å². The van der Waals surface area contributed by atoms with Crippen LogP contribution in [0.5, 0.6) is 11.5 Å². The minimum absolute atomic E-state index is 0.665. The van der Waals surface area contributed by atoms with Gasteiger partial charge in [-0.3, -0.25) is 0 Å². The zero-order chi connectivity index (χ0) is 16.9. The number of benzene rings is 2. The molecule has 0 unspecified atom stereocenters. The Bertz CT molecular complexity index is 831. The molecule has 0 atom stereocenters. The maximum atomic E-state index is 5.33. The van der Waals surface area contributed by atoms with E-state index >= 15 is 0 Å². The van der Waals surface area contributed by atoms with Gasteiger partial charge in [0.2, 0.25) is 0 Å². The van der Waals surface area contributed by atoms with Crippen LogP contribution in [-0.4, -0.2) is 34.4 Å². The quantitative estimate of drug-likeness (QED) is 0.751. The van der Waals surface area contributed by atoms with Gasteiger partial charge in [-0.15, -0.1) is 5.10 Å². The lowest BCUT2D eigenvalue weighted by Crippen LogP contribution is -2.03. The predicted octanol–water partition coefficient (Wildman–Crippen LogP) is 2.60. The van der Waals surface area contributed by atoms with Crippen molar-refractivity contribution in [1.29, 1.82) is 0 Å². The van der Waals surface area contributed by atoms with Crippen LogP contribution < -0.4 is 14.8 Å². The first kappa shape index (κ1) is 15.8. The molecular weight excluding hydrogens is 306 g/mol. The summed E-state index contributed by atoms with van der Waals surface area (Å²) in [6.07, 6.45) is 0. The number of anilines is 1. The standard InChI is InChI=1S/C17H19N5O2/c1-12-19-20-21-22(12)15-6-4-5-14(10-15)18-11-13-7-8-16(23-2)17(9-13)24-3/h4-10,18H,11H2,1-3H3. The summed E-state index contributed by atoms with van der Waals surface area (Å²) in [5.41, 5.74) is 2.99. The molecule has 3 aromatic rings. The van der Waals surface area contributed by atoms with Crippen LogP contribution in [0, 0.1) is 6.92 Å². The van der Waals surface area contributed by atoms with Gasteiger partial charge in [0.15, 0.2) is 17.3 Å². The van der Waals surface area contributed by atoms with Crippen LogP contribution in [0.15, 0.2) is 42.5 Å². The first-order chi connectivity index (χ1) is 11.7. The first-order valence-corrected chi connectivity index (χ1v) is 7.51. The van der Waals surface area contributed by atoms with E-state index in [9.17, 15) is 0 Å². The highest BCUT2D eigenvalue weighted by molar-refractivity contribution is 5.52. The van der Waals surface area contributed by atoms with Gasteiger partial charge in [-0.05, 0) is 53.2 Å². The van der Waals surface area contributed by atoms with Crippen molar-refractivity contribution in [2.24, 2.45) is 0 Å². The Kier molecular flexibility index (Phi) is 4.60. The molecule has 0 fully saturated rings. The number of hydrogen-bond donors (Lipinski definition) is 1. The average molecular weight is 325 g/mol. The summed E-state index contributed by atoms with van der Waals surface area (Å²) in [7, 11) is 3.26. The molecule has 1 aromatic heterocycles. The van der Waals surface area contributed by atoms with Gasteiger partial charge in [0.25, 0.3) is 0 Å². The third kappa shape index (κ3) is 3.29. The molecule has 124 valence electrons. The van der Waals surface area contributed by atoms with Crippen LogP contribution in [-0.2, 0) is 6.54 Å². The molecule has 0 radical (unpaired) electrons. The Morgan fingerprint density at radius 2 is 1.88 bits per heavy atom. The Morgan fingerprint density at radius 3 is 2.58 bits per heavy atom. The van der Waals surface area contributed by atoms with Gasteiger partial charge in [0.05, 0.1) is 19.9 Å². The van der Waals surface area contributed by atoms with E-state index in [4.69, 9.17) is 9.47 Å².